The Morgan fingerprint density at radius 2 is 1.95 bits per heavy atom. The standard InChI is InChI=1S/C29H33FN4O3S/c1-18(2)36-23-14-9-11-20(16-23)26-25(27(35)37-22-12-5-4-6-13-22)19(3)31-28-32-29(33-34(26)28)38-17-21-10-7-8-15-24(21)30/h7-11,14-16,18,22,26H,4-6,12-13,17H2,1-3H3,(H,31,32,33). The summed E-state index contributed by atoms with van der Waals surface area (Å²) < 4.78 is 27.9. The molecule has 0 spiro atoms. The second-order valence-corrected chi connectivity index (χ2v) is 11.0. The average molecular weight is 537 g/mol. The molecule has 38 heavy (non-hydrogen) atoms. The smallest absolute Gasteiger partial charge is 0.338 e. The molecule has 2 heterocycles. The van der Waals surface area contributed by atoms with Gasteiger partial charge >= 0.3 is 5.97 Å². The normalized spacial score (nSPS) is 17.8. The third-order valence-electron chi connectivity index (χ3n) is 6.74. The van der Waals surface area contributed by atoms with Crippen molar-refractivity contribution in [3.8, 4) is 5.75 Å². The fraction of sp³-hybridized carbons (Fsp3) is 0.414. The van der Waals surface area contributed by atoms with Crippen LogP contribution in [0.1, 0.15) is 70.0 Å². The molecule has 2 aromatic carbocycles. The lowest BCUT2D eigenvalue weighted by Gasteiger charge is -2.30. The van der Waals surface area contributed by atoms with E-state index < -0.39 is 6.04 Å². The molecule has 1 atom stereocenters. The lowest BCUT2D eigenvalue weighted by molar-refractivity contribution is -0.146. The van der Waals surface area contributed by atoms with E-state index in [4.69, 9.17) is 14.6 Å². The van der Waals surface area contributed by atoms with E-state index >= 15 is 0 Å². The van der Waals surface area contributed by atoms with Crippen molar-refractivity contribution >= 4 is 23.7 Å². The lowest BCUT2D eigenvalue weighted by Crippen LogP contribution is -2.32. The Morgan fingerprint density at radius 1 is 1.16 bits per heavy atom. The van der Waals surface area contributed by atoms with Crippen LogP contribution in [0.3, 0.4) is 0 Å². The van der Waals surface area contributed by atoms with Crippen molar-refractivity contribution in [1.29, 1.82) is 0 Å². The van der Waals surface area contributed by atoms with Crippen LogP contribution in [0.15, 0.2) is 65.0 Å². The maximum Gasteiger partial charge on any atom is 0.338 e. The summed E-state index contributed by atoms with van der Waals surface area (Å²) in [6, 6.07) is 13.9. The van der Waals surface area contributed by atoms with Crippen molar-refractivity contribution < 1.29 is 18.7 Å². The highest BCUT2D eigenvalue weighted by atomic mass is 32.2. The van der Waals surface area contributed by atoms with Gasteiger partial charge in [-0.05, 0) is 75.8 Å². The number of halogens is 1. The minimum absolute atomic E-state index is 0.00889. The molecule has 1 unspecified atom stereocenters. The molecule has 1 saturated carbocycles. The van der Waals surface area contributed by atoms with Gasteiger partial charge in [-0.25, -0.2) is 13.9 Å². The molecular weight excluding hydrogens is 503 g/mol. The summed E-state index contributed by atoms with van der Waals surface area (Å²) in [6.45, 7) is 5.81. The van der Waals surface area contributed by atoms with E-state index in [1.54, 1.807) is 16.8 Å². The number of hydrogen-bond acceptors (Lipinski definition) is 7. The van der Waals surface area contributed by atoms with Crippen LogP contribution in [-0.4, -0.2) is 32.9 Å². The zero-order valence-corrected chi connectivity index (χ0v) is 22.8. The van der Waals surface area contributed by atoms with E-state index in [1.165, 1.54) is 24.2 Å². The van der Waals surface area contributed by atoms with Gasteiger partial charge in [-0.15, -0.1) is 5.10 Å². The number of nitrogens with one attached hydrogen (secondary N) is 1. The Morgan fingerprint density at radius 3 is 2.71 bits per heavy atom. The van der Waals surface area contributed by atoms with Gasteiger partial charge in [0.25, 0.3) is 0 Å². The fourth-order valence-electron chi connectivity index (χ4n) is 4.95. The summed E-state index contributed by atoms with van der Waals surface area (Å²) in [4.78, 5) is 18.3. The van der Waals surface area contributed by atoms with Crippen molar-refractivity contribution in [3.05, 3.63) is 76.7 Å². The van der Waals surface area contributed by atoms with Gasteiger partial charge in [-0.2, -0.15) is 4.98 Å². The highest BCUT2D eigenvalue weighted by Crippen LogP contribution is 2.38. The molecule has 200 valence electrons. The van der Waals surface area contributed by atoms with Crippen molar-refractivity contribution in [2.45, 2.75) is 82.0 Å². The maximum atomic E-state index is 14.2. The van der Waals surface area contributed by atoms with Gasteiger partial charge < -0.3 is 14.8 Å². The second kappa shape index (κ2) is 11.6. The molecule has 5 rings (SSSR count). The summed E-state index contributed by atoms with van der Waals surface area (Å²) in [5, 5.41) is 8.50. The van der Waals surface area contributed by atoms with Crippen LogP contribution >= 0.6 is 11.8 Å². The first-order valence-electron chi connectivity index (χ1n) is 13.2. The van der Waals surface area contributed by atoms with Gasteiger partial charge in [-0.1, -0.05) is 48.5 Å². The summed E-state index contributed by atoms with van der Waals surface area (Å²) in [6.07, 6.45) is 5.03. The van der Waals surface area contributed by atoms with Crippen LogP contribution in [0.5, 0.6) is 5.75 Å². The summed E-state index contributed by atoms with van der Waals surface area (Å²) in [5.41, 5.74) is 2.60. The number of hydrogen-bond donors (Lipinski definition) is 1. The molecule has 0 saturated heterocycles. The monoisotopic (exact) mass is 536 g/mol. The topological polar surface area (TPSA) is 78.3 Å². The van der Waals surface area contributed by atoms with Crippen molar-refractivity contribution in [3.63, 3.8) is 0 Å². The number of esters is 1. The molecule has 0 bridgehead atoms. The predicted molar refractivity (Wildman–Crippen MR) is 146 cm³/mol. The number of rotatable bonds is 8. The summed E-state index contributed by atoms with van der Waals surface area (Å²) in [7, 11) is 0. The Hall–Kier alpha value is -3.33. The molecule has 1 aliphatic carbocycles. The third-order valence-corrected chi connectivity index (χ3v) is 7.63. The van der Waals surface area contributed by atoms with Gasteiger partial charge in [0.2, 0.25) is 11.1 Å². The molecule has 7 nitrogen and oxygen atoms in total. The number of fused-ring (bicyclic) bond motifs is 1. The predicted octanol–water partition coefficient (Wildman–Crippen LogP) is 6.66. The molecule has 0 amide bonds. The average Bonchev–Trinajstić information content (AvgIpc) is 3.30. The van der Waals surface area contributed by atoms with Crippen molar-refractivity contribution in [2.75, 3.05) is 5.32 Å². The van der Waals surface area contributed by atoms with Crippen molar-refractivity contribution in [1.82, 2.24) is 14.8 Å². The van der Waals surface area contributed by atoms with Crippen LogP contribution in [-0.2, 0) is 15.3 Å². The zero-order valence-electron chi connectivity index (χ0n) is 21.9. The number of ether oxygens (including phenoxy) is 2. The van der Waals surface area contributed by atoms with E-state index in [9.17, 15) is 9.18 Å². The zero-order chi connectivity index (χ0) is 26.6. The SMILES string of the molecule is CC1=C(C(=O)OC2CCCCC2)C(c2cccc(OC(C)C)c2)n2nc(SCc3ccccc3F)nc2N1. The van der Waals surface area contributed by atoms with E-state index in [-0.39, 0.29) is 24.0 Å². The molecule has 3 aromatic rings. The highest BCUT2D eigenvalue weighted by Gasteiger charge is 2.36. The molecule has 1 aromatic heterocycles. The third kappa shape index (κ3) is 5.88. The molecular formula is C29H33FN4O3S. The van der Waals surface area contributed by atoms with Gasteiger partial charge in [0.15, 0.2) is 0 Å². The minimum Gasteiger partial charge on any atom is -0.491 e. The van der Waals surface area contributed by atoms with Gasteiger partial charge in [0.1, 0.15) is 23.7 Å². The molecule has 0 radical (unpaired) electrons. The van der Waals surface area contributed by atoms with E-state index in [1.807, 2.05) is 51.1 Å². The number of thioether (sulfide) groups is 1. The molecule has 1 aliphatic heterocycles. The quantitative estimate of drug-likeness (QED) is 0.255. The van der Waals surface area contributed by atoms with Crippen LogP contribution in [0.2, 0.25) is 0 Å². The van der Waals surface area contributed by atoms with Crippen LogP contribution in [0.25, 0.3) is 0 Å². The van der Waals surface area contributed by atoms with Crippen molar-refractivity contribution in [2.24, 2.45) is 0 Å². The minimum atomic E-state index is -0.548. The van der Waals surface area contributed by atoms with Crippen LogP contribution < -0.4 is 10.1 Å². The molecule has 1 fully saturated rings. The number of allylic oxidation sites excluding steroid dienone is 1. The molecule has 2 aliphatic rings. The first-order valence-corrected chi connectivity index (χ1v) is 14.2. The number of carbonyl (C=O) groups excluding carboxylic acids is 1. The second-order valence-electron chi connectivity index (χ2n) is 10.0. The molecule has 1 N–H and O–H groups in total. The first-order chi connectivity index (χ1) is 18.4. The molecule has 9 heteroatoms. The summed E-state index contributed by atoms with van der Waals surface area (Å²) >= 11 is 1.35. The maximum absolute atomic E-state index is 14.2. The Bertz CT molecular complexity index is 1330. The number of aromatic nitrogens is 3. The first kappa shape index (κ1) is 26.3. The van der Waals surface area contributed by atoms with E-state index in [2.05, 4.69) is 10.3 Å². The number of benzene rings is 2. The number of nitrogens with zero attached hydrogens (tertiary/aromatic N) is 3. The Kier molecular flexibility index (Phi) is 8.02. The van der Waals surface area contributed by atoms with E-state index in [0.717, 1.165) is 31.2 Å². The largest absolute Gasteiger partial charge is 0.491 e. The summed E-state index contributed by atoms with van der Waals surface area (Å²) in [5.74, 6) is 1.02. The Balaban J connectivity index is 1.48. The van der Waals surface area contributed by atoms with Crippen LogP contribution in [0.4, 0.5) is 10.3 Å². The number of carbonyl (C=O) groups is 1. The lowest BCUT2D eigenvalue weighted by atomic mass is 9.94. The van der Waals surface area contributed by atoms with Crippen LogP contribution in [0, 0.1) is 5.82 Å². The number of anilines is 1. The highest BCUT2D eigenvalue weighted by molar-refractivity contribution is 7.98. The van der Waals surface area contributed by atoms with E-state index in [0.29, 0.717) is 39.4 Å². The fourth-order valence-corrected chi connectivity index (χ4v) is 5.77. The van der Waals surface area contributed by atoms with Gasteiger partial charge in [-0.3, -0.25) is 0 Å². The van der Waals surface area contributed by atoms with Gasteiger partial charge in [0.05, 0.1) is 11.7 Å². The van der Waals surface area contributed by atoms with Gasteiger partial charge in [0, 0.05) is 11.4 Å². The Labute approximate surface area is 226 Å².